The van der Waals surface area contributed by atoms with Crippen LogP contribution in [-0.2, 0) is 0 Å². The molecule has 1 aliphatic heterocycles. The second-order valence-corrected chi connectivity index (χ2v) is 4.82. The summed E-state index contributed by atoms with van der Waals surface area (Å²) in [4.78, 5) is 27.1. The highest BCUT2D eigenvalue weighted by molar-refractivity contribution is 5.94. The van der Waals surface area contributed by atoms with E-state index in [-0.39, 0.29) is 11.3 Å². The molecule has 2 rings (SSSR count). The van der Waals surface area contributed by atoms with Gasteiger partial charge in [-0.05, 0) is 18.8 Å². The molecule has 0 amide bonds. The number of nitro groups is 1. The fraction of sp³-hybridized carbons (Fsp3) is 0.500. The minimum Gasteiger partial charge on any atom is -0.478 e. The number of nitrogens with zero attached hydrogens (tertiary/aromatic N) is 3. The van der Waals surface area contributed by atoms with Gasteiger partial charge in [0.1, 0.15) is 17.6 Å². The molecule has 0 spiro atoms. The molecule has 0 aliphatic carbocycles. The minimum absolute atomic E-state index is 0.108. The highest BCUT2D eigenvalue weighted by Crippen LogP contribution is 2.26. The van der Waals surface area contributed by atoms with Crippen molar-refractivity contribution in [3.63, 3.8) is 0 Å². The Morgan fingerprint density at radius 2 is 2.37 bits per heavy atom. The molecular formula is C12H15N3O4. The van der Waals surface area contributed by atoms with E-state index < -0.39 is 10.9 Å². The van der Waals surface area contributed by atoms with Crippen molar-refractivity contribution in [3.05, 3.63) is 27.9 Å². The van der Waals surface area contributed by atoms with Gasteiger partial charge >= 0.3 is 5.97 Å². The van der Waals surface area contributed by atoms with Crippen molar-refractivity contribution in [2.75, 3.05) is 18.0 Å². The lowest BCUT2D eigenvalue weighted by Crippen LogP contribution is -2.35. The Morgan fingerprint density at radius 3 is 2.95 bits per heavy atom. The maximum atomic E-state index is 11.2. The summed E-state index contributed by atoms with van der Waals surface area (Å²) in [7, 11) is 0. The van der Waals surface area contributed by atoms with Crippen LogP contribution in [0.3, 0.4) is 0 Å². The van der Waals surface area contributed by atoms with Crippen molar-refractivity contribution >= 4 is 17.5 Å². The Kier molecular flexibility index (Phi) is 3.64. The molecule has 1 fully saturated rings. The second kappa shape index (κ2) is 5.21. The Balaban J connectivity index is 2.38. The Morgan fingerprint density at radius 1 is 1.63 bits per heavy atom. The van der Waals surface area contributed by atoms with Gasteiger partial charge in [-0.3, -0.25) is 10.1 Å². The lowest BCUT2D eigenvalue weighted by atomic mass is 10.00. The third-order valence-electron chi connectivity index (χ3n) is 3.25. The highest BCUT2D eigenvalue weighted by atomic mass is 16.6. The van der Waals surface area contributed by atoms with Crippen LogP contribution in [0.4, 0.5) is 11.5 Å². The number of pyridine rings is 1. The second-order valence-electron chi connectivity index (χ2n) is 4.82. The zero-order valence-corrected chi connectivity index (χ0v) is 10.6. The molecule has 1 atom stereocenters. The van der Waals surface area contributed by atoms with E-state index in [1.165, 1.54) is 0 Å². The molecule has 1 saturated heterocycles. The molecule has 1 unspecified atom stereocenters. The number of anilines is 1. The van der Waals surface area contributed by atoms with E-state index in [0.29, 0.717) is 11.7 Å². The Hall–Kier alpha value is -2.18. The van der Waals surface area contributed by atoms with Gasteiger partial charge in [0.2, 0.25) is 0 Å². The number of rotatable bonds is 3. The summed E-state index contributed by atoms with van der Waals surface area (Å²) in [6.45, 7) is 3.55. The van der Waals surface area contributed by atoms with Crippen molar-refractivity contribution in [3.8, 4) is 0 Å². The number of aromatic nitrogens is 1. The van der Waals surface area contributed by atoms with E-state index in [1.807, 2.05) is 4.90 Å². The van der Waals surface area contributed by atoms with Crippen LogP contribution in [0.2, 0.25) is 0 Å². The molecule has 7 heteroatoms. The first-order chi connectivity index (χ1) is 8.99. The quantitative estimate of drug-likeness (QED) is 0.662. The third-order valence-corrected chi connectivity index (χ3v) is 3.25. The molecule has 1 aliphatic rings. The Bertz CT molecular complexity index is 518. The summed E-state index contributed by atoms with van der Waals surface area (Å²) in [5.74, 6) is -0.401. The van der Waals surface area contributed by atoms with Crippen LogP contribution in [0.25, 0.3) is 0 Å². The molecule has 1 aromatic heterocycles. The zero-order chi connectivity index (χ0) is 14.0. The number of piperidine rings is 1. The van der Waals surface area contributed by atoms with Gasteiger partial charge in [-0.1, -0.05) is 6.92 Å². The fourth-order valence-corrected chi connectivity index (χ4v) is 2.34. The van der Waals surface area contributed by atoms with Crippen LogP contribution < -0.4 is 4.90 Å². The first-order valence-electron chi connectivity index (χ1n) is 6.11. The summed E-state index contributed by atoms with van der Waals surface area (Å²) >= 11 is 0. The monoisotopic (exact) mass is 265 g/mol. The molecule has 0 radical (unpaired) electrons. The van der Waals surface area contributed by atoms with Gasteiger partial charge in [-0.25, -0.2) is 9.78 Å². The SMILES string of the molecule is CC1CCCN(c2ncc([N+](=O)[O-])cc2C(=O)O)C1. The topological polar surface area (TPSA) is 96.6 Å². The van der Waals surface area contributed by atoms with Crippen molar-refractivity contribution in [1.82, 2.24) is 4.98 Å². The van der Waals surface area contributed by atoms with Gasteiger partial charge in [0.05, 0.1) is 4.92 Å². The summed E-state index contributed by atoms with van der Waals surface area (Å²) < 4.78 is 0. The van der Waals surface area contributed by atoms with E-state index >= 15 is 0 Å². The number of aromatic carboxylic acids is 1. The lowest BCUT2D eigenvalue weighted by molar-refractivity contribution is -0.385. The van der Waals surface area contributed by atoms with Crippen LogP contribution >= 0.6 is 0 Å². The average Bonchev–Trinajstić information content (AvgIpc) is 2.37. The van der Waals surface area contributed by atoms with Gasteiger partial charge in [-0.15, -0.1) is 0 Å². The van der Waals surface area contributed by atoms with Crippen molar-refractivity contribution in [2.24, 2.45) is 5.92 Å². The van der Waals surface area contributed by atoms with Gasteiger partial charge in [0.15, 0.2) is 0 Å². The van der Waals surface area contributed by atoms with E-state index in [2.05, 4.69) is 11.9 Å². The predicted molar refractivity (Wildman–Crippen MR) is 68.5 cm³/mol. The van der Waals surface area contributed by atoms with Crippen molar-refractivity contribution in [2.45, 2.75) is 19.8 Å². The van der Waals surface area contributed by atoms with Crippen LogP contribution in [0.1, 0.15) is 30.1 Å². The van der Waals surface area contributed by atoms with Crippen molar-refractivity contribution < 1.29 is 14.8 Å². The molecule has 1 N–H and O–H groups in total. The van der Waals surface area contributed by atoms with Gasteiger partial charge in [-0.2, -0.15) is 0 Å². The van der Waals surface area contributed by atoms with E-state index in [4.69, 9.17) is 0 Å². The fourth-order valence-electron chi connectivity index (χ4n) is 2.34. The first-order valence-corrected chi connectivity index (χ1v) is 6.11. The first kappa shape index (κ1) is 13.3. The summed E-state index contributed by atoms with van der Waals surface area (Å²) in [6.07, 6.45) is 3.19. The summed E-state index contributed by atoms with van der Waals surface area (Å²) in [6, 6.07) is 1.07. The minimum atomic E-state index is -1.19. The molecule has 0 aromatic carbocycles. The molecule has 1 aromatic rings. The maximum Gasteiger partial charge on any atom is 0.339 e. The van der Waals surface area contributed by atoms with E-state index in [9.17, 15) is 20.0 Å². The van der Waals surface area contributed by atoms with E-state index in [0.717, 1.165) is 38.2 Å². The largest absolute Gasteiger partial charge is 0.478 e. The smallest absolute Gasteiger partial charge is 0.339 e. The third kappa shape index (κ3) is 2.81. The van der Waals surface area contributed by atoms with Crippen LogP contribution in [0.5, 0.6) is 0 Å². The van der Waals surface area contributed by atoms with Crippen molar-refractivity contribution in [1.29, 1.82) is 0 Å². The van der Waals surface area contributed by atoms with Gasteiger partial charge in [0.25, 0.3) is 5.69 Å². The summed E-state index contributed by atoms with van der Waals surface area (Å²) in [5, 5.41) is 19.9. The number of hydrogen-bond donors (Lipinski definition) is 1. The van der Waals surface area contributed by atoms with Crippen LogP contribution in [-0.4, -0.2) is 34.1 Å². The van der Waals surface area contributed by atoms with E-state index in [1.54, 1.807) is 0 Å². The van der Waals surface area contributed by atoms with Gasteiger partial charge < -0.3 is 10.0 Å². The molecule has 102 valence electrons. The number of carboxylic acid groups (broad SMARTS) is 1. The van der Waals surface area contributed by atoms with Crippen LogP contribution in [0.15, 0.2) is 12.3 Å². The normalized spacial score (nSPS) is 19.2. The average molecular weight is 265 g/mol. The number of carboxylic acids is 1. The molecule has 0 saturated carbocycles. The zero-order valence-electron chi connectivity index (χ0n) is 10.6. The molecule has 2 heterocycles. The standard InChI is InChI=1S/C12H15N3O4/c1-8-3-2-4-14(7-8)11-10(12(16)17)5-9(6-13-11)15(18)19/h5-6,8H,2-4,7H2,1H3,(H,16,17). The Labute approximate surface area is 110 Å². The summed E-state index contributed by atoms with van der Waals surface area (Å²) in [5.41, 5.74) is -0.408. The number of hydrogen-bond acceptors (Lipinski definition) is 5. The molecule has 0 bridgehead atoms. The molecule has 7 nitrogen and oxygen atoms in total. The predicted octanol–water partition coefficient (Wildman–Crippen LogP) is 1.92. The molecular weight excluding hydrogens is 250 g/mol. The van der Waals surface area contributed by atoms with Crippen LogP contribution in [0, 0.1) is 16.0 Å². The number of carbonyl (C=O) groups is 1. The lowest BCUT2D eigenvalue weighted by Gasteiger charge is -2.32. The molecule has 19 heavy (non-hydrogen) atoms. The van der Waals surface area contributed by atoms with Gasteiger partial charge in [0, 0.05) is 19.2 Å². The highest BCUT2D eigenvalue weighted by Gasteiger charge is 2.24. The maximum absolute atomic E-state index is 11.2.